The summed E-state index contributed by atoms with van der Waals surface area (Å²) in [5, 5.41) is 1.64. The first kappa shape index (κ1) is 19.4. The van der Waals surface area contributed by atoms with Gasteiger partial charge < -0.3 is 18.8 Å². The van der Waals surface area contributed by atoms with E-state index in [-0.39, 0.29) is 5.63 Å². The Balaban J connectivity index is 1.39. The third-order valence-corrected chi connectivity index (χ3v) is 6.90. The second-order valence-corrected chi connectivity index (χ2v) is 8.94. The summed E-state index contributed by atoms with van der Waals surface area (Å²) in [4.78, 5) is 15.6. The van der Waals surface area contributed by atoms with E-state index in [1.54, 1.807) is 4.90 Å². The monoisotopic (exact) mass is 420 g/mol. The number of rotatable bonds is 4. The standard InChI is InChI=1S/C22H27ClN2O4/c23-19-12-17-15-4-1-2-5-16(15)22(26)29-20(17)18-13-25(14-28-21(18)19)7-3-6-24-8-10-27-11-9-24/h12H,1-11,13-14H2/p+2. The molecule has 6 nitrogen and oxygen atoms in total. The van der Waals surface area contributed by atoms with Crippen LogP contribution in [0.15, 0.2) is 15.3 Å². The fourth-order valence-corrected chi connectivity index (χ4v) is 5.32. The van der Waals surface area contributed by atoms with E-state index in [9.17, 15) is 4.79 Å². The van der Waals surface area contributed by atoms with Crippen molar-refractivity contribution in [3.05, 3.63) is 38.2 Å². The van der Waals surface area contributed by atoms with Crippen LogP contribution in [0.5, 0.6) is 5.75 Å². The Bertz CT molecular complexity index is 968. The molecule has 1 aromatic carbocycles. The van der Waals surface area contributed by atoms with E-state index in [1.165, 1.54) is 11.4 Å². The molecule has 2 aromatic rings. The summed E-state index contributed by atoms with van der Waals surface area (Å²) in [6.07, 6.45) is 5.03. The zero-order valence-corrected chi connectivity index (χ0v) is 17.5. The van der Waals surface area contributed by atoms with Crippen molar-refractivity contribution < 1.29 is 23.7 Å². The van der Waals surface area contributed by atoms with E-state index in [0.717, 1.165) is 93.6 Å². The third kappa shape index (κ3) is 3.79. The molecule has 29 heavy (non-hydrogen) atoms. The van der Waals surface area contributed by atoms with Gasteiger partial charge in [0.2, 0.25) is 6.73 Å². The predicted molar refractivity (Wildman–Crippen MR) is 110 cm³/mol. The minimum absolute atomic E-state index is 0.181. The Morgan fingerprint density at radius 3 is 2.59 bits per heavy atom. The lowest BCUT2D eigenvalue weighted by atomic mass is 9.90. The van der Waals surface area contributed by atoms with Crippen molar-refractivity contribution in [2.75, 3.05) is 46.1 Å². The van der Waals surface area contributed by atoms with Gasteiger partial charge >= 0.3 is 5.63 Å². The molecule has 3 heterocycles. The molecule has 0 saturated carbocycles. The van der Waals surface area contributed by atoms with E-state index in [2.05, 4.69) is 0 Å². The topological polar surface area (TPSA) is 57.5 Å². The maximum atomic E-state index is 12.6. The third-order valence-electron chi connectivity index (χ3n) is 6.62. The van der Waals surface area contributed by atoms with Crippen LogP contribution in [0.3, 0.4) is 0 Å². The van der Waals surface area contributed by atoms with E-state index in [4.69, 9.17) is 25.5 Å². The van der Waals surface area contributed by atoms with Crippen LogP contribution in [-0.4, -0.2) is 46.1 Å². The van der Waals surface area contributed by atoms with Crippen molar-refractivity contribution in [3.63, 3.8) is 0 Å². The lowest BCUT2D eigenvalue weighted by Gasteiger charge is -2.29. The van der Waals surface area contributed by atoms with Crippen molar-refractivity contribution in [3.8, 4) is 5.75 Å². The number of halogens is 1. The van der Waals surface area contributed by atoms with Gasteiger partial charge in [-0.1, -0.05) is 11.6 Å². The second-order valence-electron chi connectivity index (χ2n) is 8.53. The van der Waals surface area contributed by atoms with E-state index in [0.29, 0.717) is 23.1 Å². The van der Waals surface area contributed by atoms with Gasteiger partial charge in [0.05, 0.1) is 36.9 Å². The van der Waals surface area contributed by atoms with Gasteiger partial charge in [-0.2, -0.15) is 0 Å². The zero-order chi connectivity index (χ0) is 19.8. The van der Waals surface area contributed by atoms with Gasteiger partial charge in [-0.3, -0.25) is 4.90 Å². The number of ether oxygens (including phenoxy) is 2. The Hall–Kier alpha value is -1.60. The minimum Gasteiger partial charge on any atom is -0.443 e. The number of aryl methyl sites for hydroxylation is 1. The number of quaternary nitrogens is 2. The lowest BCUT2D eigenvalue weighted by molar-refractivity contribution is -0.942. The second kappa shape index (κ2) is 8.26. The van der Waals surface area contributed by atoms with Gasteiger partial charge in [-0.15, -0.1) is 0 Å². The number of morpholine rings is 1. The maximum absolute atomic E-state index is 12.6. The van der Waals surface area contributed by atoms with Crippen molar-refractivity contribution >= 4 is 22.6 Å². The van der Waals surface area contributed by atoms with Crippen LogP contribution in [0.2, 0.25) is 5.02 Å². The molecule has 1 atom stereocenters. The highest BCUT2D eigenvalue weighted by Crippen LogP contribution is 2.38. The molecule has 2 aliphatic heterocycles. The molecule has 1 saturated heterocycles. The Kier molecular flexibility index (Phi) is 5.52. The van der Waals surface area contributed by atoms with Gasteiger partial charge in [-0.25, -0.2) is 4.79 Å². The lowest BCUT2D eigenvalue weighted by Crippen LogP contribution is -3.16. The molecule has 3 aliphatic rings. The number of benzene rings is 1. The average Bonchev–Trinajstić information content (AvgIpc) is 2.76. The molecule has 2 N–H and O–H groups in total. The molecule has 1 aliphatic carbocycles. The normalized spacial score (nSPS) is 22.2. The molecule has 1 aromatic heterocycles. The maximum Gasteiger partial charge on any atom is 0.339 e. The number of hydrogen-bond donors (Lipinski definition) is 2. The van der Waals surface area contributed by atoms with Crippen LogP contribution in [-0.2, 0) is 24.1 Å². The van der Waals surface area contributed by atoms with Gasteiger partial charge in [0, 0.05) is 17.4 Å². The molecule has 5 rings (SSSR count). The minimum atomic E-state index is -0.181. The molecule has 1 fully saturated rings. The summed E-state index contributed by atoms with van der Waals surface area (Å²) in [6, 6.07) is 1.94. The van der Waals surface area contributed by atoms with Crippen LogP contribution >= 0.6 is 11.6 Å². The summed E-state index contributed by atoms with van der Waals surface area (Å²) < 4.78 is 17.3. The molecular formula is C22H29ClN2O4+2. The first-order valence-corrected chi connectivity index (χ1v) is 11.3. The van der Waals surface area contributed by atoms with Crippen LogP contribution in [0.25, 0.3) is 11.0 Å². The van der Waals surface area contributed by atoms with Crippen LogP contribution in [0, 0.1) is 0 Å². The van der Waals surface area contributed by atoms with Crippen molar-refractivity contribution in [2.24, 2.45) is 0 Å². The average molecular weight is 421 g/mol. The predicted octanol–water partition coefficient (Wildman–Crippen LogP) is 0.365. The largest absolute Gasteiger partial charge is 0.443 e. The Morgan fingerprint density at radius 1 is 1.00 bits per heavy atom. The molecule has 0 radical (unpaired) electrons. The number of hydrogen-bond acceptors (Lipinski definition) is 4. The molecule has 156 valence electrons. The van der Waals surface area contributed by atoms with Crippen LogP contribution in [0.4, 0.5) is 0 Å². The first-order valence-electron chi connectivity index (χ1n) is 10.9. The van der Waals surface area contributed by atoms with Crippen molar-refractivity contribution in [1.29, 1.82) is 0 Å². The molecule has 0 bridgehead atoms. The molecule has 0 spiro atoms. The molecule has 7 heteroatoms. The molecule has 1 unspecified atom stereocenters. The van der Waals surface area contributed by atoms with Crippen molar-refractivity contribution in [2.45, 2.75) is 38.6 Å². The summed E-state index contributed by atoms with van der Waals surface area (Å²) in [5.41, 5.74) is 3.44. The molecular weight excluding hydrogens is 392 g/mol. The highest BCUT2D eigenvalue weighted by Gasteiger charge is 2.29. The van der Waals surface area contributed by atoms with E-state index in [1.807, 2.05) is 6.07 Å². The van der Waals surface area contributed by atoms with Crippen LogP contribution < -0.4 is 20.2 Å². The van der Waals surface area contributed by atoms with Crippen molar-refractivity contribution in [1.82, 2.24) is 0 Å². The van der Waals surface area contributed by atoms with E-state index < -0.39 is 0 Å². The van der Waals surface area contributed by atoms with Gasteiger partial charge in [0.15, 0.2) is 11.3 Å². The summed E-state index contributed by atoms with van der Waals surface area (Å²) in [5.74, 6) is 0.695. The number of fused-ring (bicyclic) bond motifs is 5. The first-order chi connectivity index (χ1) is 14.2. The van der Waals surface area contributed by atoms with Gasteiger partial charge in [-0.05, 0) is 37.3 Å². The fraction of sp³-hybridized carbons (Fsp3) is 0.591. The highest BCUT2D eigenvalue weighted by molar-refractivity contribution is 6.33. The van der Waals surface area contributed by atoms with Crippen LogP contribution in [0.1, 0.15) is 36.0 Å². The Labute approximate surface area is 175 Å². The quantitative estimate of drug-likeness (QED) is 0.701. The van der Waals surface area contributed by atoms with E-state index >= 15 is 0 Å². The number of nitrogens with one attached hydrogen (secondary N) is 2. The fourth-order valence-electron chi connectivity index (χ4n) is 5.04. The summed E-state index contributed by atoms with van der Waals surface area (Å²) >= 11 is 6.59. The molecule has 0 amide bonds. The smallest absolute Gasteiger partial charge is 0.339 e. The zero-order valence-electron chi connectivity index (χ0n) is 16.8. The highest BCUT2D eigenvalue weighted by atomic mass is 35.5. The Morgan fingerprint density at radius 2 is 1.76 bits per heavy atom. The summed E-state index contributed by atoms with van der Waals surface area (Å²) in [7, 11) is 0. The summed E-state index contributed by atoms with van der Waals surface area (Å²) in [6.45, 7) is 7.53. The van der Waals surface area contributed by atoms with Gasteiger partial charge in [0.25, 0.3) is 0 Å². The van der Waals surface area contributed by atoms with Gasteiger partial charge in [0.1, 0.15) is 19.6 Å². The SMILES string of the molecule is O=c1oc2c3c(c(Cl)cc2c2c1CCCC2)OC[NH+](CCC[NH+]1CCOCC1)C3.